The summed E-state index contributed by atoms with van der Waals surface area (Å²) >= 11 is 0. The van der Waals surface area contributed by atoms with Crippen LogP contribution in [-0.2, 0) is 11.2 Å². The second-order valence-corrected chi connectivity index (χ2v) is 6.53. The number of amides is 2. The Labute approximate surface area is 141 Å². The van der Waals surface area contributed by atoms with Crippen molar-refractivity contribution < 1.29 is 9.59 Å². The Morgan fingerprint density at radius 1 is 1.04 bits per heavy atom. The van der Waals surface area contributed by atoms with Gasteiger partial charge < -0.3 is 10.2 Å². The third kappa shape index (κ3) is 2.92. The number of rotatable bonds is 3. The van der Waals surface area contributed by atoms with Gasteiger partial charge in [-0.15, -0.1) is 0 Å². The van der Waals surface area contributed by atoms with E-state index in [4.69, 9.17) is 0 Å². The molecule has 0 bridgehead atoms. The van der Waals surface area contributed by atoms with E-state index in [-0.39, 0.29) is 17.7 Å². The van der Waals surface area contributed by atoms with Gasteiger partial charge in [-0.25, -0.2) is 0 Å². The van der Waals surface area contributed by atoms with Crippen LogP contribution in [0.5, 0.6) is 0 Å². The van der Waals surface area contributed by atoms with Crippen molar-refractivity contribution in [3.8, 4) is 0 Å². The van der Waals surface area contributed by atoms with Crippen molar-refractivity contribution in [2.45, 2.75) is 25.7 Å². The quantitative estimate of drug-likeness (QED) is 0.939. The Kier molecular flexibility index (Phi) is 3.81. The van der Waals surface area contributed by atoms with Gasteiger partial charge in [0.05, 0.1) is 0 Å². The fourth-order valence-corrected chi connectivity index (χ4v) is 3.19. The number of carbonyl (C=O) groups is 2. The molecule has 122 valence electrons. The van der Waals surface area contributed by atoms with Crippen LogP contribution in [0.1, 0.15) is 35.2 Å². The van der Waals surface area contributed by atoms with Crippen LogP contribution in [0.15, 0.2) is 48.5 Å². The zero-order valence-electron chi connectivity index (χ0n) is 13.5. The molecule has 2 amide bonds. The molecule has 0 atom stereocenters. The maximum absolute atomic E-state index is 12.9. The van der Waals surface area contributed by atoms with E-state index >= 15 is 0 Å². The Balaban J connectivity index is 1.62. The summed E-state index contributed by atoms with van der Waals surface area (Å²) in [4.78, 5) is 26.7. The minimum absolute atomic E-state index is 0.0159. The molecule has 2 aromatic rings. The average Bonchev–Trinajstić information content (AvgIpc) is 3.46. The van der Waals surface area contributed by atoms with E-state index in [0.29, 0.717) is 12.1 Å². The summed E-state index contributed by atoms with van der Waals surface area (Å²) in [5.41, 5.74) is 3.55. The van der Waals surface area contributed by atoms with E-state index in [1.807, 2.05) is 53.4 Å². The minimum Gasteiger partial charge on any atom is -0.326 e. The SMILES string of the molecule is O=C(Nc1ccc2c(c1)N(C(=O)c1ccccc1)CCC2)C1CC1. The van der Waals surface area contributed by atoms with Crippen LogP contribution in [0.4, 0.5) is 11.4 Å². The fraction of sp³-hybridized carbons (Fsp3) is 0.300. The summed E-state index contributed by atoms with van der Waals surface area (Å²) in [7, 11) is 0. The van der Waals surface area contributed by atoms with Crippen LogP contribution in [-0.4, -0.2) is 18.4 Å². The summed E-state index contributed by atoms with van der Waals surface area (Å²) in [6.07, 6.45) is 3.88. The van der Waals surface area contributed by atoms with Crippen LogP contribution in [0.2, 0.25) is 0 Å². The Morgan fingerprint density at radius 3 is 2.58 bits per heavy atom. The monoisotopic (exact) mass is 320 g/mol. The van der Waals surface area contributed by atoms with E-state index in [1.165, 1.54) is 0 Å². The van der Waals surface area contributed by atoms with Crippen molar-refractivity contribution in [2.75, 3.05) is 16.8 Å². The van der Waals surface area contributed by atoms with E-state index in [2.05, 4.69) is 5.32 Å². The lowest BCUT2D eigenvalue weighted by Gasteiger charge is -2.30. The molecule has 1 N–H and O–H groups in total. The van der Waals surface area contributed by atoms with Gasteiger partial charge in [-0.1, -0.05) is 24.3 Å². The molecule has 2 aromatic carbocycles. The van der Waals surface area contributed by atoms with Gasteiger partial charge >= 0.3 is 0 Å². The lowest BCUT2D eigenvalue weighted by Crippen LogP contribution is -2.35. The van der Waals surface area contributed by atoms with Gasteiger partial charge in [0.25, 0.3) is 5.91 Å². The van der Waals surface area contributed by atoms with Crippen molar-refractivity contribution >= 4 is 23.2 Å². The minimum atomic E-state index is 0.0159. The molecule has 1 heterocycles. The maximum atomic E-state index is 12.9. The Hall–Kier alpha value is -2.62. The maximum Gasteiger partial charge on any atom is 0.258 e. The number of aryl methyl sites for hydroxylation is 1. The number of fused-ring (bicyclic) bond motifs is 1. The lowest BCUT2D eigenvalue weighted by molar-refractivity contribution is -0.117. The molecule has 0 saturated heterocycles. The number of nitrogens with zero attached hydrogens (tertiary/aromatic N) is 1. The molecule has 4 heteroatoms. The molecular formula is C20H20N2O2. The number of anilines is 2. The molecular weight excluding hydrogens is 300 g/mol. The molecule has 4 nitrogen and oxygen atoms in total. The number of benzene rings is 2. The van der Waals surface area contributed by atoms with E-state index in [9.17, 15) is 9.59 Å². The largest absolute Gasteiger partial charge is 0.326 e. The van der Waals surface area contributed by atoms with Crippen molar-refractivity contribution in [1.29, 1.82) is 0 Å². The van der Waals surface area contributed by atoms with Crippen molar-refractivity contribution in [1.82, 2.24) is 0 Å². The second-order valence-electron chi connectivity index (χ2n) is 6.53. The zero-order chi connectivity index (χ0) is 16.5. The molecule has 1 fully saturated rings. The highest BCUT2D eigenvalue weighted by atomic mass is 16.2. The van der Waals surface area contributed by atoms with Crippen LogP contribution in [0.25, 0.3) is 0 Å². The average molecular weight is 320 g/mol. The standard InChI is InChI=1S/C20H20N2O2/c23-19(15-8-9-15)21-17-11-10-14-7-4-12-22(18(14)13-17)20(24)16-5-2-1-3-6-16/h1-3,5-6,10-11,13,15H,4,7-9,12H2,(H,21,23). The highest BCUT2D eigenvalue weighted by molar-refractivity contribution is 6.07. The molecule has 0 spiro atoms. The summed E-state index contributed by atoms with van der Waals surface area (Å²) < 4.78 is 0. The first-order chi connectivity index (χ1) is 11.7. The van der Waals surface area contributed by atoms with Gasteiger partial charge in [0, 0.05) is 29.4 Å². The summed E-state index contributed by atoms with van der Waals surface area (Å²) in [6.45, 7) is 0.709. The van der Waals surface area contributed by atoms with Gasteiger partial charge in [0.1, 0.15) is 0 Å². The summed E-state index contributed by atoms with van der Waals surface area (Å²) in [5.74, 6) is 0.275. The third-order valence-corrected chi connectivity index (χ3v) is 4.69. The molecule has 1 aliphatic carbocycles. The van der Waals surface area contributed by atoms with E-state index in [1.54, 1.807) is 0 Å². The predicted octanol–water partition coefficient (Wildman–Crippen LogP) is 3.63. The fourth-order valence-electron chi connectivity index (χ4n) is 3.19. The van der Waals surface area contributed by atoms with E-state index in [0.717, 1.165) is 42.6 Å². The van der Waals surface area contributed by atoms with Crippen molar-refractivity contribution in [3.05, 3.63) is 59.7 Å². The first-order valence-electron chi connectivity index (χ1n) is 8.53. The van der Waals surface area contributed by atoms with Crippen LogP contribution in [0.3, 0.4) is 0 Å². The zero-order valence-corrected chi connectivity index (χ0v) is 13.5. The molecule has 0 unspecified atom stereocenters. The Bertz CT molecular complexity index is 781. The van der Waals surface area contributed by atoms with Crippen molar-refractivity contribution in [3.63, 3.8) is 0 Å². The molecule has 0 radical (unpaired) electrons. The Morgan fingerprint density at radius 2 is 1.83 bits per heavy atom. The van der Waals surface area contributed by atoms with Crippen LogP contribution >= 0.6 is 0 Å². The highest BCUT2D eigenvalue weighted by Crippen LogP contribution is 2.33. The van der Waals surface area contributed by atoms with Crippen molar-refractivity contribution in [2.24, 2.45) is 5.92 Å². The number of carbonyl (C=O) groups excluding carboxylic acids is 2. The van der Waals surface area contributed by atoms with Gasteiger partial charge in [-0.3, -0.25) is 9.59 Å². The summed E-state index contributed by atoms with van der Waals surface area (Å²) in [5, 5.41) is 2.98. The molecule has 1 aliphatic heterocycles. The first-order valence-corrected chi connectivity index (χ1v) is 8.53. The predicted molar refractivity (Wildman–Crippen MR) is 94.2 cm³/mol. The van der Waals surface area contributed by atoms with Gasteiger partial charge in [-0.05, 0) is 55.5 Å². The van der Waals surface area contributed by atoms with Gasteiger partial charge in [0.15, 0.2) is 0 Å². The molecule has 0 aromatic heterocycles. The molecule has 1 saturated carbocycles. The number of hydrogen-bond acceptors (Lipinski definition) is 2. The number of nitrogens with one attached hydrogen (secondary N) is 1. The third-order valence-electron chi connectivity index (χ3n) is 4.69. The molecule has 2 aliphatic rings. The second kappa shape index (κ2) is 6.11. The molecule has 4 rings (SSSR count). The first kappa shape index (κ1) is 14.9. The summed E-state index contributed by atoms with van der Waals surface area (Å²) in [6, 6.07) is 15.3. The van der Waals surface area contributed by atoms with Gasteiger partial charge in [-0.2, -0.15) is 0 Å². The normalized spacial score (nSPS) is 16.4. The smallest absolute Gasteiger partial charge is 0.258 e. The number of hydrogen-bond donors (Lipinski definition) is 1. The topological polar surface area (TPSA) is 49.4 Å². The van der Waals surface area contributed by atoms with Crippen LogP contribution < -0.4 is 10.2 Å². The highest BCUT2D eigenvalue weighted by Gasteiger charge is 2.30. The van der Waals surface area contributed by atoms with Crippen LogP contribution in [0, 0.1) is 5.92 Å². The van der Waals surface area contributed by atoms with E-state index < -0.39 is 0 Å². The van der Waals surface area contributed by atoms with Gasteiger partial charge in [0.2, 0.25) is 5.91 Å². The lowest BCUT2D eigenvalue weighted by atomic mass is 10.00. The molecule has 24 heavy (non-hydrogen) atoms.